The van der Waals surface area contributed by atoms with Gasteiger partial charge < -0.3 is 30.3 Å². The minimum Gasteiger partial charge on any atom is -0.465 e. The molecule has 40 heavy (non-hydrogen) atoms. The fourth-order valence-corrected chi connectivity index (χ4v) is 6.43. The van der Waals surface area contributed by atoms with Crippen LogP contribution in [0.3, 0.4) is 0 Å². The molecule has 3 atom stereocenters. The topological polar surface area (TPSA) is 125 Å². The van der Waals surface area contributed by atoms with Gasteiger partial charge in [-0.05, 0) is 44.2 Å². The van der Waals surface area contributed by atoms with E-state index in [9.17, 15) is 19.8 Å². The Hall–Kier alpha value is -3.69. The van der Waals surface area contributed by atoms with Gasteiger partial charge in [0.1, 0.15) is 0 Å². The van der Waals surface area contributed by atoms with Gasteiger partial charge in [0.25, 0.3) is 5.91 Å². The van der Waals surface area contributed by atoms with Gasteiger partial charge in [0.05, 0.1) is 29.7 Å². The predicted molar refractivity (Wildman–Crippen MR) is 153 cm³/mol. The second-order valence-electron chi connectivity index (χ2n) is 11.0. The summed E-state index contributed by atoms with van der Waals surface area (Å²) in [4.78, 5) is 34.0. The van der Waals surface area contributed by atoms with Crippen molar-refractivity contribution >= 4 is 12.0 Å². The summed E-state index contributed by atoms with van der Waals surface area (Å²) < 4.78 is 2.01. The summed E-state index contributed by atoms with van der Waals surface area (Å²) in [7, 11) is 0. The highest BCUT2D eigenvalue weighted by atomic mass is 16.4. The maximum absolute atomic E-state index is 14.3. The zero-order chi connectivity index (χ0) is 28.1. The van der Waals surface area contributed by atoms with Crippen molar-refractivity contribution in [1.82, 2.24) is 19.4 Å². The molecule has 3 aromatic rings. The Labute approximate surface area is 235 Å². The monoisotopic (exact) mass is 545 g/mol. The molecule has 2 aliphatic rings. The number of hydrogen-bond donors (Lipinski definition) is 3. The van der Waals surface area contributed by atoms with Crippen molar-refractivity contribution in [3.8, 4) is 11.3 Å². The van der Waals surface area contributed by atoms with E-state index >= 15 is 0 Å². The number of amides is 2. The van der Waals surface area contributed by atoms with E-state index in [0.29, 0.717) is 37.2 Å². The third kappa shape index (κ3) is 5.76. The molecule has 0 spiro atoms. The lowest BCUT2D eigenvalue weighted by molar-refractivity contribution is -0.0486. The minimum atomic E-state index is -0.978. The van der Waals surface area contributed by atoms with Crippen LogP contribution in [0, 0.1) is 0 Å². The molecule has 2 heterocycles. The number of nitrogens with two attached hydrogens (primary N) is 1. The molecule has 0 radical (unpaired) electrons. The molecule has 9 heteroatoms. The van der Waals surface area contributed by atoms with Gasteiger partial charge >= 0.3 is 6.09 Å². The van der Waals surface area contributed by atoms with E-state index in [2.05, 4.69) is 0 Å². The van der Waals surface area contributed by atoms with E-state index in [1.165, 1.54) is 4.90 Å². The van der Waals surface area contributed by atoms with Crippen LogP contribution in [0.2, 0.25) is 0 Å². The minimum absolute atomic E-state index is 0.218. The molecule has 5 rings (SSSR count). The summed E-state index contributed by atoms with van der Waals surface area (Å²) in [6.07, 6.45) is 6.01. The van der Waals surface area contributed by atoms with Crippen LogP contribution in [-0.4, -0.2) is 79.4 Å². The summed E-state index contributed by atoms with van der Waals surface area (Å²) in [6, 6.07) is 19.0. The van der Waals surface area contributed by atoms with Crippen LogP contribution in [0.5, 0.6) is 0 Å². The van der Waals surface area contributed by atoms with Gasteiger partial charge in [0, 0.05) is 25.2 Å². The normalized spacial score (nSPS) is 23.2. The highest BCUT2D eigenvalue weighted by molar-refractivity contribution is 5.98. The Bertz CT molecular complexity index is 1300. The fourth-order valence-electron chi connectivity index (χ4n) is 6.43. The van der Waals surface area contributed by atoms with Gasteiger partial charge in [0.2, 0.25) is 0 Å². The molecule has 1 aliphatic carbocycles. The first kappa shape index (κ1) is 27.9. The first-order chi connectivity index (χ1) is 19.4. The van der Waals surface area contributed by atoms with Crippen molar-refractivity contribution in [1.29, 1.82) is 0 Å². The molecule has 9 nitrogen and oxygen atoms in total. The molecule has 1 aromatic heterocycles. The van der Waals surface area contributed by atoms with Crippen LogP contribution in [0.1, 0.15) is 60.6 Å². The van der Waals surface area contributed by atoms with E-state index in [1.807, 2.05) is 65.2 Å². The SMILES string of the molecule is NCCCC1(O)CCCCC1n1cnc(C(=O)N2CCN(C(=O)O)C[C@H]2Cc2ccccc2)c1-c1ccccc1. The number of aromatic nitrogens is 2. The third-order valence-corrected chi connectivity index (χ3v) is 8.48. The maximum Gasteiger partial charge on any atom is 0.407 e. The molecule has 0 bridgehead atoms. The van der Waals surface area contributed by atoms with Gasteiger partial charge in [0.15, 0.2) is 5.69 Å². The molecule has 1 aliphatic heterocycles. The number of rotatable bonds is 8. The first-order valence-corrected chi connectivity index (χ1v) is 14.3. The number of carbonyl (C=O) groups excluding carboxylic acids is 1. The van der Waals surface area contributed by atoms with Gasteiger partial charge in [-0.25, -0.2) is 9.78 Å². The molecule has 2 amide bonds. The second kappa shape index (κ2) is 12.2. The molecule has 4 N–H and O–H groups in total. The van der Waals surface area contributed by atoms with E-state index < -0.39 is 11.7 Å². The number of hydrogen-bond acceptors (Lipinski definition) is 5. The van der Waals surface area contributed by atoms with Crippen molar-refractivity contribution in [2.45, 2.75) is 62.6 Å². The number of nitrogens with zero attached hydrogens (tertiary/aromatic N) is 4. The summed E-state index contributed by atoms with van der Waals surface area (Å²) in [5.74, 6) is -0.218. The van der Waals surface area contributed by atoms with Crippen molar-refractivity contribution in [3.63, 3.8) is 0 Å². The summed E-state index contributed by atoms with van der Waals surface area (Å²) in [5.41, 5.74) is 7.82. The summed E-state index contributed by atoms with van der Waals surface area (Å²) >= 11 is 0. The van der Waals surface area contributed by atoms with Crippen LogP contribution >= 0.6 is 0 Å². The first-order valence-electron chi connectivity index (χ1n) is 14.3. The fraction of sp³-hybridized carbons (Fsp3) is 0.452. The number of carboxylic acid groups (broad SMARTS) is 1. The second-order valence-corrected chi connectivity index (χ2v) is 11.0. The molecule has 2 unspecified atom stereocenters. The Kier molecular flexibility index (Phi) is 8.52. The molecule has 1 saturated carbocycles. The Morgan fingerprint density at radius 1 is 1.02 bits per heavy atom. The van der Waals surface area contributed by atoms with Gasteiger partial charge in [-0.1, -0.05) is 73.5 Å². The maximum atomic E-state index is 14.3. The molecular weight excluding hydrogens is 506 g/mol. The molecule has 212 valence electrons. The summed E-state index contributed by atoms with van der Waals surface area (Å²) in [6.45, 7) is 1.28. The van der Waals surface area contributed by atoms with Gasteiger partial charge in [-0.3, -0.25) is 4.79 Å². The molecule has 1 saturated heterocycles. The highest BCUT2D eigenvalue weighted by Gasteiger charge is 2.42. The predicted octanol–water partition coefficient (Wildman–Crippen LogP) is 4.18. The largest absolute Gasteiger partial charge is 0.465 e. The number of imidazole rings is 1. The van der Waals surface area contributed by atoms with Crippen LogP contribution in [0.15, 0.2) is 67.0 Å². The van der Waals surface area contributed by atoms with E-state index in [-0.39, 0.29) is 37.6 Å². The summed E-state index contributed by atoms with van der Waals surface area (Å²) in [5, 5.41) is 21.5. The van der Waals surface area contributed by atoms with Crippen molar-refractivity contribution < 1.29 is 19.8 Å². The van der Waals surface area contributed by atoms with Crippen LogP contribution in [0.25, 0.3) is 11.3 Å². The smallest absolute Gasteiger partial charge is 0.407 e. The average molecular weight is 546 g/mol. The Morgan fingerprint density at radius 3 is 2.45 bits per heavy atom. The molecular formula is C31H39N5O4. The zero-order valence-electron chi connectivity index (χ0n) is 22.9. The van der Waals surface area contributed by atoms with Crippen molar-refractivity contribution in [2.24, 2.45) is 5.73 Å². The molecule has 2 aromatic carbocycles. The number of piperazine rings is 1. The van der Waals surface area contributed by atoms with Crippen LogP contribution < -0.4 is 5.73 Å². The van der Waals surface area contributed by atoms with Crippen LogP contribution in [-0.2, 0) is 6.42 Å². The Balaban J connectivity index is 1.53. The standard InChI is InChI=1S/C31H39N5O4/c32-17-9-16-31(40)15-8-7-14-26(31)36-22-33-27(28(36)24-12-5-2-6-13-24)29(37)35-19-18-34(30(38)39)21-25(35)20-23-10-3-1-4-11-23/h1-6,10-13,22,25-26,40H,7-9,14-21,32H2,(H,38,39)/t25-,26?,31?/m1/s1. The van der Waals surface area contributed by atoms with Gasteiger partial charge in [-0.2, -0.15) is 0 Å². The average Bonchev–Trinajstić information content (AvgIpc) is 3.42. The lowest BCUT2D eigenvalue weighted by Gasteiger charge is -2.42. The number of benzene rings is 2. The van der Waals surface area contributed by atoms with Gasteiger partial charge in [-0.15, -0.1) is 0 Å². The number of carbonyl (C=O) groups is 2. The van der Waals surface area contributed by atoms with Crippen molar-refractivity contribution in [3.05, 3.63) is 78.2 Å². The highest BCUT2D eigenvalue weighted by Crippen LogP contribution is 2.43. The quantitative estimate of drug-likeness (QED) is 0.390. The Morgan fingerprint density at radius 2 is 1.75 bits per heavy atom. The van der Waals surface area contributed by atoms with E-state index in [1.54, 1.807) is 11.2 Å². The lowest BCUT2D eigenvalue weighted by atomic mass is 9.77. The number of aliphatic hydroxyl groups is 1. The zero-order valence-corrected chi connectivity index (χ0v) is 22.9. The van der Waals surface area contributed by atoms with Crippen LogP contribution in [0.4, 0.5) is 4.79 Å². The van der Waals surface area contributed by atoms with Crippen molar-refractivity contribution in [2.75, 3.05) is 26.2 Å². The van der Waals surface area contributed by atoms with E-state index in [0.717, 1.165) is 36.8 Å². The van der Waals surface area contributed by atoms with E-state index in [4.69, 9.17) is 10.7 Å². The molecule has 2 fully saturated rings. The third-order valence-electron chi connectivity index (χ3n) is 8.48. The lowest BCUT2D eigenvalue weighted by Crippen LogP contribution is -2.57.